The summed E-state index contributed by atoms with van der Waals surface area (Å²) in [7, 11) is 1.52. The van der Waals surface area contributed by atoms with Crippen molar-refractivity contribution in [2.24, 2.45) is 7.05 Å². The molecule has 2 rings (SSSR count). The van der Waals surface area contributed by atoms with Crippen LogP contribution in [0.1, 0.15) is 15.9 Å². The van der Waals surface area contributed by atoms with Gasteiger partial charge < -0.3 is 9.88 Å². The molecule has 1 heterocycles. The second kappa shape index (κ2) is 5.88. The van der Waals surface area contributed by atoms with Crippen LogP contribution in [0.4, 0.5) is 4.39 Å². The van der Waals surface area contributed by atoms with E-state index < -0.39 is 0 Å². The molecular weight excluding hydrogens is 283 g/mol. The van der Waals surface area contributed by atoms with Crippen LogP contribution in [0.25, 0.3) is 0 Å². The maximum Gasteiger partial charge on any atom is 0.269 e. The van der Waals surface area contributed by atoms with E-state index in [0.29, 0.717) is 5.56 Å². The molecule has 0 radical (unpaired) electrons. The smallest absolute Gasteiger partial charge is 0.269 e. The van der Waals surface area contributed by atoms with Crippen molar-refractivity contribution in [3.05, 3.63) is 68.8 Å². The topological polar surface area (TPSA) is 51.1 Å². The summed E-state index contributed by atoms with van der Waals surface area (Å²) in [5.41, 5.74) is 0.705. The zero-order valence-corrected chi connectivity index (χ0v) is 11.4. The third-order valence-electron chi connectivity index (χ3n) is 2.77. The Labute approximate surface area is 119 Å². The van der Waals surface area contributed by atoms with E-state index in [2.05, 4.69) is 5.32 Å². The number of nitrogens with one attached hydrogen (secondary N) is 1. The van der Waals surface area contributed by atoms with Crippen molar-refractivity contribution in [1.82, 2.24) is 9.88 Å². The molecule has 1 amide bonds. The van der Waals surface area contributed by atoms with Gasteiger partial charge in [0, 0.05) is 19.8 Å². The maximum absolute atomic E-state index is 12.7. The van der Waals surface area contributed by atoms with Crippen molar-refractivity contribution in [2.75, 3.05) is 0 Å². The highest BCUT2D eigenvalue weighted by atomic mass is 35.5. The van der Waals surface area contributed by atoms with Crippen molar-refractivity contribution >= 4 is 17.5 Å². The van der Waals surface area contributed by atoms with E-state index in [1.165, 1.54) is 36.0 Å². The highest BCUT2D eigenvalue weighted by Crippen LogP contribution is 2.07. The van der Waals surface area contributed by atoms with Crippen LogP contribution in [0.15, 0.2) is 41.3 Å². The van der Waals surface area contributed by atoms with Crippen LogP contribution >= 0.6 is 11.6 Å². The van der Waals surface area contributed by atoms with Crippen molar-refractivity contribution in [3.8, 4) is 0 Å². The summed E-state index contributed by atoms with van der Waals surface area (Å²) in [4.78, 5) is 23.4. The Hall–Kier alpha value is -2.14. The highest BCUT2D eigenvalue weighted by Gasteiger charge is 2.09. The van der Waals surface area contributed by atoms with Crippen LogP contribution in [0.2, 0.25) is 5.02 Å². The number of amides is 1. The van der Waals surface area contributed by atoms with Gasteiger partial charge in [0.05, 0.1) is 5.56 Å². The average molecular weight is 295 g/mol. The minimum absolute atomic E-state index is 0.0121. The van der Waals surface area contributed by atoms with E-state index in [4.69, 9.17) is 11.6 Å². The van der Waals surface area contributed by atoms with Gasteiger partial charge in [0.15, 0.2) is 0 Å². The molecule has 0 fully saturated rings. The fraction of sp³-hybridized carbons (Fsp3) is 0.143. The summed E-state index contributed by atoms with van der Waals surface area (Å²) >= 11 is 5.74. The van der Waals surface area contributed by atoms with Crippen molar-refractivity contribution in [3.63, 3.8) is 0 Å². The molecule has 1 aromatic heterocycles. The monoisotopic (exact) mass is 294 g/mol. The number of aromatic nitrogens is 1. The molecule has 0 atom stereocenters. The number of nitrogens with zero attached hydrogens (tertiary/aromatic N) is 1. The molecule has 1 aromatic carbocycles. The van der Waals surface area contributed by atoms with Gasteiger partial charge in [-0.2, -0.15) is 0 Å². The minimum Gasteiger partial charge on any atom is -0.348 e. The van der Waals surface area contributed by atoms with Crippen LogP contribution in [0.5, 0.6) is 0 Å². The average Bonchev–Trinajstić information content (AvgIpc) is 2.43. The standard InChI is InChI=1S/C14H12ClFN2O2/c1-18-8-10(6-12(15)14(18)20)13(19)17-7-9-2-4-11(16)5-3-9/h2-6,8H,7H2,1H3,(H,17,19). The van der Waals surface area contributed by atoms with Gasteiger partial charge in [-0.25, -0.2) is 4.39 Å². The van der Waals surface area contributed by atoms with Gasteiger partial charge in [0.1, 0.15) is 10.8 Å². The van der Waals surface area contributed by atoms with Gasteiger partial charge >= 0.3 is 0 Å². The van der Waals surface area contributed by atoms with Gasteiger partial charge in [-0.3, -0.25) is 9.59 Å². The molecule has 0 saturated carbocycles. The predicted octanol–water partition coefficient (Wildman–Crippen LogP) is 2.11. The van der Waals surface area contributed by atoms with Crippen LogP contribution in [-0.2, 0) is 13.6 Å². The second-order valence-electron chi connectivity index (χ2n) is 4.30. The summed E-state index contributed by atoms with van der Waals surface area (Å²) in [5.74, 6) is -0.684. The maximum atomic E-state index is 12.7. The number of halogens is 2. The molecule has 0 aliphatic carbocycles. The van der Waals surface area contributed by atoms with E-state index in [-0.39, 0.29) is 28.9 Å². The zero-order chi connectivity index (χ0) is 14.7. The number of rotatable bonds is 3. The van der Waals surface area contributed by atoms with Crippen LogP contribution in [-0.4, -0.2) is 10.5 Å². The molecule has 0 bridgehead atoms. The molecule has 20 heavy (non-hydrogen) atoms. The largest absolute Gasteiger partial charge is 0.348 e. The number of benzene rings is 1. The Morgan fingerprint density at radius 2 is 2.00 bits per heavy atom. The first-order valence-electron chi connectivity index (χ1n) is 5.86. The minimum atomic E-state index is -0.359. The number of hydrogen-bond donors (Lipinski definition) is 1. The second-order valence-corrected chi connectivity index (χ2v) is 4.71. The van der Waals surface area contributed by atoms with Crippen molar-refractivity contribution < 1.29 is 9.18 Å². The lowest BCUT2D eigenvalue weighted by Gasteiger charge is -2.07. The van der Waals surface area contributed by atoms with Gasteiger partial charge in [-0.05, 0) is 23.8 Å². The highest BCUT2D eigenvalue weighted by molar-refractivity contribution is 6.30. The number of carbonyl (C=O) groups is 1. The molecule has 0 saturated heterocycles. The van der Waals surface area contributed by atoms with Crippen LogP contribution in [0, 0.1) is 5.82 Å². The lowest BCUT2D eigenvalue weighted by Crippen LogP contribution is -2.26. The Bertz CT molecular complexity index is 669. The van der Waals surface area contributed by atoms with Crippen LogP contribution < -0.4 is 10.9 Å². The van der Waals surface area contributed by atoms with Gasteiger partial charge in [0.25, 0.3) is 11.5 Å². The fourth-order valence-electron chi connectivity index (χ4n) is 1.68. The SMILES string of the molecule is Cn1cc(C(=O)NCc2ccc(F)cc2)cc(Cl)c1=O. The fourth-order valence-corrected chi connectivity index (χ4v) is 1.93. The first-order chi connectivity index (χ1) is 9.47. The number of carbonyl (C=O) groups excluding carboxylic acids is 1. The molecule has 2 aromatic rings. The molecule has 104 valence electrons. The van der Waals surface area contributed by atoms with Gasteiger partial charge in [-0.1, -0.05) is 23.7 Å². The molecule has 0 aliphatic rings. The third-order valence-corrected chi connectivity index (χ3v) is 3.04. The van der Waals surface area contributed by atoms with E-state index in [1.807, 2.05) is 0 Å². The quantitative estimate of drug-likeness (QED) is 0.942. The van der Waals surface area contributed by atoms with Crippen LogP contribution in [0.3, 0.4) is 0 Å². The molecule has 1 N–H and O–H groups in total. The zero-order valence-electron chi connectivity index (χ0n) is 10.7. The lowest BCUT2D eigenvalue weighted by molar-refractivity contribution is 0.0950. The number of aryl methyl sites for hydroxylation is 1. The summed E-state index contributed by atoms with van der Waals surface area (Å²) in [5, 5.41) is 2.66. The molecule has 0 spiro atoms. The summed E-state index contributed by atoms with van der Waals surface area (Å²) < 4.78 is 14.0. The Morgan fingerprint density at radius 3 is 2.60 bits per heavy atom. The molecule has 0 aliphatic heterocycles. The van der Waals surface area contributed by atoms with Gasteiger partial charge in [-0.15, -0.1) is 0 Å². The normalized spacial score (nSPS) is 10.3. The molecule has 0 unspecified atom stereocenters. The number of pyridine rings is 1. The van der Waals surface area contributed by atoms with Crippen molar-refractivity contribution in [2.45, 2.75) is 6.54 Å². The van der Waals surface area contributed by atoms with Gasteiger partial charge in [0.2, 0.25) is 0 Å². The van der Waals surface area contributed by atoms with E-state index in [1.54, 1.807) is 12.1 Å². The van der Waals surface area contributed by atoms with E-state index in [9.17, 15) is 14.0 Å². The summed E-state index contributed by atoms with van der Waals surface area (Å²) in [6.07, 6.45) is 1.41. The summed E-state index contributed by atoms with van der Waals surface area (Å²) in [6.45, 7) is 0.263. The Kier molecular flexibility index (Phi) is 4.20. The predicted molar refractivity (Wildman–Crippen MR) is 74.3 cm³/mol. The Morgan fingerprint density at radius 1 is 1.35 bits per heavy atom. The first-order valence-corrected chi connectivity index (χ1v) is 6.24. The van der Waals surface area contributed by atoms with E-state index in [0.717, 1.165) is 5.56 Å². The lowest BCUT2D eigenvalue weighted by atomic mass is 10.2. The van der Waals surface area contributed by atoms with E-state index >= 15 is 0 Å². The molecule has 4 nitrogen and oxygen atoms in total. The first kappa shape index (κ1) is 14.3. The summed E-state index contributed by atoms with van der Waals surface area (Å²) in [6, 6.07) is 7.14. The molecular formula is C14H12ClFN2O2. The molecule has 6 heteroatoms. The van der Waals surface area contributed by atoms with Crippen molar-refractivity contribution in [1.29, 1.82) is 0 Å². The third kappa shape index (κ3) is 3.24. The Balaban J connectivity index is 2.09. The number of hydrogen-bond acceptors (Lipinski definition) is 2.